The fraction of sp³-hybridized carbons (Fsp3) is 0.133. The highest BCUT2D eigenvalue weighted by molar-refractivity contribution is 5.93. The van der Waals surface area contributed by atoms with Crippen molar-refractivity contribution in [3.63, 3.8) is 0 Å². The summed E-state index contributed by atoms with van der Waals surface area (Å²) in [5, 5.41) is 23.9. The van der Waals surface area contributed by atoms with Gasteiger partial charge in [0.05, 0.1) is 16.3 Å². The highest BCUT2D eigenvalue weighted by Crippen LogP contribution is 2.21. The molecule has 0 atom stereocenters. The number of nitro groups is 2. The standard InChI is InChI=1S/C15H13N3O5/c1-10-8-13(18(22)23)6-7-14(10)16-15(19)9-11-2-4-12(5-3-11)17(20)21/h2-8H,9H2,1H3,(H,16,19). The molecule has 0 saturated carbocycles. The van der Waals surface area contributed by atoms with E-state index in [1.54, 1.807) is 6.92 Å². The lowest BCUT2D eigenvalue weighted by Gasteiger charge is -2.08. The molecule has 0 aromatic heterocycles. The summed E-state index contributed by atoms with van der Waals surface area (Å²) in [6.45, 7) is 1.66. The van der Waals surface area contributed by atoms with Gasteiger partial charge in [-0.1, -0.05) is 12.1 Å². The first kappa shape index (κ1) is 16.1. The Bertz CT molecular complexity index is 771. The maximum atomic E-state index is 12.0. The maximum Gasteiger partial charge on any atom is 0.269 e. The molecule has 0 spiro atoms. The Balaban J connectivity index is 2.04. The number of non-ortho nitro benzene ring substituents is 2. The Morgan fingerprint density at radius 2 is 1.57 bits per heavy atom. The lowest BCUT2D eigenvalue weighted by atomic mass is 10.1. The van der Waals surface area contributed by atoms with Crippen molar-refractivity contribution in [1.29, 1.82) is 0 Å². The number of benzene rings is 2. The van der Waals surface area contributed by atoms with Crippen molar-refractivity contribution < 1.29 is 14.6 Å². The third-order valence-electron chi connectivity index (χ3n) is 3.21. The molecule has 0 aliphatic carbocycles. The number of hydrogen-bond donors (Lipinski definition) is 1. The molecule has 2 rings (SSSR count). The zero-order chi connectivity index (χ0) is 17.0. The Morgan fingerprint density at radius 3 is 2.09 bits per heavy atom. The summed E-state index contributed by atoms with van der Waals surface area (Å²) in [6.07, 6.45) is 0.0500. The van der Waals surface area contributed by atoms with E-state index < -0.39 is 9.85 Å². The molecule has 23 heavy (non-hydrogen) atoms. The van der Waals surface area contributed by atoms with Gasteiger partial charge < -0.3 is 5.32 Å². The van der Waals surface area contributed by atoms with Gasteiger partial charge in [0.25, 0.3) is 11.4 Å². The monoisotopic (exact) mass is 315 g/mol. The predicted octanol–water partition coefficient (Wildman–Crippen LogP) is 2.99. The van der Waals surface area contributed by atoms with Gasteiger partial charge in [-0.25, -0.2) is 0 Å². The predicted molar refractivity (Wildman–Crippen MR) is 83.3 cm³/mol. The van der Waals surface area contributed by atoms with E-state index in [2.05, 4.69) is 5.32 Å². The molecule has 118 valence electrons. The summed E-state index contributed by atoms with van der Waals surface area (Å²) < 4.78 is 0. The van der Waals surface area contributed by atoms with Gasteiger partial charge in [-0.15, -0.1) is 0 Å². The molecule has 0 radical (unpaired) electrons. The summed E-state index contributed by atoms with van der Waals surface area (Å²) in [5.41, 5.74) is 1.61. The minimum absolute atomic E-state index is 0.0413. The van der Waals surface area contributed by atoms with Crippen molar-refractivity contribution in [2.24, 2.45) is 0 Å². The van der Waals surface area contributed by atoms with E-state index in [9.17, 15) is 25.0 Å². The van der Waals surface area contributed by atoms with E-state index in [1.807, 2.05) is 0 Å². The average Bonchev–Trinajstić information content (AvgIpc) is 2.49. The minimum atomic E-state index is -0.510. The summed E-state index contributed by atoms with van der Waals surface area (Å²) in [7, 11) is 0. The van der Waals surface area contributed by atoms with Crippen LogP contribution in [-0.4, -0.2) is 15.8 Å². The van der Waals surface area contributed by atoms with Crippen LogP contribution in [0.25, 0.3) is 0 Å². The molecule has 1 N–H and O–H groups in total. The van der Waals surface area contributed by atoms with Gasteiger partial charge in [0.2, 0.25) is 5.91 Å². The molecular weight excluding hydrogens is 302 g/mol. The Kier molecular flexibility index (Phi) is 4.65. The van der Waals surface area contributed by atoms with E-state index in [0.29, 0.717) is 16.8 Å². The molecule has 8 heteroatoms. The third-order valence-corrected chi connectivity index (χ3v) is 3.21. The van der Waals surface area contributed by atoms with Crippen LogP contribution in [-0.2, 0) is 11.2 Å². The molecule has 0 fully saturated rings. The molecule has 2 aromatic carbocycles. The van der Waals surface area contributed by atoms with Crippen LogP contribution in [0.1, 0.15) is 11.1 Å². The largest absolute Gasteiger partial charge is 0.326 e. The fourth-order valence-electron chi connectivity index (χ4n) is 2.02. The SMILES string of the molecule is Cc1cc([N+](=O)[O-])ccc1NC(=O)Cc1ccc([N+](=O)[O-])cc1. The van der Waals surface area contributed by atoms with Crippen molar-refractivity contribution >= 4 is 23.0 Å². The van der Waals surface area contributed by atoms with Crippen LogP contribution in [0.3, 0.4) is 0 Å². The number of amides is 1. The van der Waals surface area contributed by atoms with Crippen LogP contribution >= 0.6 is 0 Å². The van der Waals surface area contributed by atoms with E-state index in [0.717, 1.165) is 0 Å². The first-order valence-corrected chi connectivity index (χ1v) is 6.65. The smallest absolute Gasteiger partial charge is 0.269 e. The van der Waals surface area contributed by atoms with Crippen molar-refractivity contribution in [3.8, 4) is 0 Å². The Labute approximate surface area is 131 Å². The fourth-order valence-corrected chi connectivity index (χ4v) is 2.02. The summed E-state index contributed by atoms with van der Waals surface area (Å²) in [6, 6.07) is 9.86. The van der Waals surface area contributed by atoms with Crippen LogP contribution in [0.2, 0.25) is 0 Å². The zero-order valence-electron chi connectivity index (χ0n) is 12.2. The number of nitrogens with one attached hydrogen (secondary N) is 1. The summed E-state index contributed by atoms with van der Waals surface area (Å²) in [5.74, 6) is -0.309. The van der Waals surface area contributed by atoms with Crippen LogP contribution in [0.5, 0.6) is 0 Å². The van der Waals surface area contributed by atoms with Crippen molar-refractivity contribution in [3.05, 3.63) is 73.8 Å². The van der Waals surface area contributed by atoms with Gasteiger partial charge in [0.15, 0.2) is 0 Å². The normalized spacial score (nSPS) is 10.1. The van der Waals surface area contributed by atoms with Gasteiger partial charge in [0, 0.05) is 30.0 Å². The van der Waals surface area contributed by atoms with Crippen LogP contribution in [0.4, 0.5) is 17.1 Å². The van der Waals surface area contributed by atoms with Gasteiger partial charge in [-0.2, -0.15) is 0 Å². The van der Waals surface area contributed by atoms with E-state index in [1.165, 1.54) is 42.5 Å². The Morgan fingerprint density at radius 1 is 1.00 bits per heavy atom. The lowest BCUT2D eigenvalue weighted by molar-refractivity contribution is -0.385. The van der Waals surface area contributed by atoms with Gasteiger partial charge in [-0.05, 0) is 24.1 Å². The number of anilines is 1. The first-order chi connectivity index (χ1) is 10.9. The molecule has 1 amide bonds. The van der Waals surface area contributed by atoms with Crippen molar-refractivity contribution in [2.75, 3.05) is 5.32 Å². The number of carbonyl (C=O) groups excluding carboxylic acids is 1. The number of carbonyl (C=O) groups is 1. The van der Waals surface area contributed by atoms with E-state index in [-0.39, 0.29) is 23.7 Å². The summed E-state index contributed by atoms with van der Waals surface area (Å²) >= 11 is 0. The van der Waals surface area contributed by atoms with Crippen LogP contribution < -0.4 is 5.32 Å². The Hall–Kier alpha value is -3.29. The van der Waals surface area contributed by atoms with Gasteiger partial charge >= 0.3 is 0 Å². The number of aryl methyl sites for hydroxylation is 1. The molecule has 0 unspecified atom stereocenters. The van der Waals surface area contributed by atoms with Gasteiger partial charge in [0.1, 0.15) is 0 Å². The number of hydrogen-bond acceptors (Lipinski definition) is 5. The average molecular weight is 315 g/mol. The maximum absolute atomic E-state index is 12.0. The van der Waals surface area contributed by atoms with Crippen molar-refractivity contribution in [2.45, 2.75) is 13.3 Å². The quantitative estimate of drug-likeness (QED) is 0.672. The molecule has 2 aromatic rings. The first-order valence-electron chi connectivity index (χ1n) is 6.65. The molecule has 0 bridgehead atoms. The van der Waals surface area contributed by atoms with E-state index in [4.69, 9.17) is 0 Å². The second-order valence-electron chi connectivity index (χ2n) is 4.90. The summed E-state index contributed by atoms with van der Waals surface area (Å²) in [4.78, 5) is 32.2. The number of nitrogens with zero attached hydrogens (tertiary/aromatic N) is 2. The minimum Gasteiger partial charge on any atom is -0.326 e. The molecule has 0 saturated heterocycles. The van der Waals surface area contributed by atoms with Crippen molar-refractivity contribution in [1.82, 2.24) is 0 Å². The van der Waals surface area contributed by atoms with Gasteiger partial charge in [-0.3, -0.25) is 25.0 Å². The third kappa shape index (κ3) is 4.10. The lowest BCUT2D eigenvalue weighted by Crippen LogP contribution is -2.15. The highest BCUT2D eigenvalue weighted by atomic mass is 16.6. The number of nitro benzene ring substituents is 2. The topological polar surface area (TPSA) is 115 Å². The molecular formula is C15H13N3O5. The second kappa shape index (κ2) is 6.65. The van der Waals surface area contributed by atoms with E-state index >= 15 is 0 Å². The molecule has 0 aliphatic rings. The zero-order valence-corrected chi connectivity index (χ0v) is 12.2. The van der Waals surface area contributed by atoms with Crippen LogP contribution in [0.15, 0.2) is 42.5 Å². The van der Waals surface area contributed by atoms with Crippen LogP contribution in [0, 0.1) is 27.2 Å². The second-order valence-corrected chi connectivity index (χ2v) is 4.90. The molecule has 0 aliphatic heterocycles. The molecule has 8 nitrogen and oxygen atoms in total. The highest BCUT2D eigenvalue weighted by Gasteiger charge is 2.11. The molecule has 0 heterocycles. The number of rotatable bonds is 5.